The van der Waals surface area contributed by atoms with E-state index in [1.165, 1.54) is 0 Å². The number of rotatable bonds is 8. The Bertz CT molecular complexity index is 1410. The molecule has 0 atom stereocenters. The Hall–Kier alpha value is -4.21. The molecule has 2 aromatic carbocycles. The van der Waals surface area contributed by atoms with Crippen molar-refractivity contribution in [1.29, 1.82) is 5.26 Å². The van der Waals surface area contributed by atoms with Crippen LogP contribution in [-0.2, 0) is 0 Å². The van der Waals surface area contributed by atoms with Gasteiger partial charge in [-0.2, -0.15) is 5.26 Å². The first-order valence-electron chi connectivity index (χ1n) is 11.7. The van der Waals surface area contributed by atoms with Gasteiger partial charge in [0, 0.05) is 41.7 Å². The molecular weight excluding hydrogens is 436 g/mol. The van der Waals surface area contributed by atoms with Crippen molar-refractivity contribution in [3.63, 3.8) is 0 Å². The van der Waals surface area contributed by atoms with E-state index in [0.29, 0.717) is 34.7 Å². The van der Waals surface area contributed by atoms with Gasteiger partial charge in [0.15, 0.2) is 0 Å². The first kappa shape index (κ1) is 23.9. The highest BCUT2D eigenvalue weighted by Crippen LogP contribution is 2.28. The number of ether oxygens (including phenoxy) is 1. The van der Waals surface area contributed by atoms with Crippen molar-refractivity contribution >= 4 is 0 Å². The molecule has 0 spiro atoms. The number of hydrogen-bond acceptors (Lipinski definition) is 5. The van der Waals surface area contributed by atoms with E-state index in [1.54, 1.807) is 41.2 Å². The predicted molar refractivity (Wildman–Crippen MR) is 138 cm³/mol. The van der Waals surface area contributed by atoms with E-state index >= 15 is 0 Å². The number of nitriles is 1. The minimum absolute atomic E-state index is 0.236. The zero-order chi connectivity index (χ0) is 24.8. The number of benzene rings is 2. The number of nitrogens with zero attached hydrogens (tertiary/aromatic N) is 3. The van der Waals surface area contributed by atoms with Crippen molar-refractivity contribution in [2.24, 2.45) is 5.73 Å². The maximum Gasteiger partial charge on any atom is 0.263 e. The summed E-state index contributed by atoms with van der Waals surface area (Å²) in [4.78, 5) is 18.2. The molecule has 0 saturated carbocycles. The van der Waals surface area contributed by atoms with Gasteiger partial charge in [-0.1, -0.05) is 44.2 Å². The van der Waals surface area contributed by atoms with Gasteiger partial charge >= 0.3 is 0 Å². The molecule has 6 nitrogen and oxygen atoms in total. The van der Waals surface area contributed by atoms with Crippen LogP contribution in [0.25, 0.3) is 28.1 Å². The van der Waals surface area contributed by atoms with Crippen LogP contribution in [-0.4, -0.2) is 21.7 Å². The van der Waals surface area contributed by atoms with Crippen LogP contribution < -0.4 is 16.0 Å². The largest absolute Gasteiger partial charge is 0.486 e. The lowest BCUT2D eigenvalue weighted by molar-refractivity contribution is 0.0692. The molecule has 0 aliphatic carbocycles. The standard InChI is InChI=1S/C29H28N4O2/c1-3-29(4-2,20-31)35-24-12-9-11-23(17-24)33-19-22(27-14-7-8-15-32-27)16-26(28(33)34)25-13-6-5-10-21(25)18-30/h5-17,19H,3-4,20,31H2,1-2H3. The van der Waals surface area contributed by atoms with Crippen LogP contribution in [0.4, 0.5) is 0 Å². The number of nitrogens with two attached hydrogens (primary N) is 1. The van der Waals surface area contributed by atoms with Gasteiger partial charge in [0.05, 0.1) is 23.0 Å². The van der Waals surface area contributed by atoms with Crippen molar-refractivity contribution in [2.45, 2.75) is 32.3 Å². The van der Waals surface area contributed by atoms with Crippen LogP contribution in [0.1, 0.15) is 32.3 Å². The quantitative estimate of drug-likeness (QED) is 0.380. The fraction of sp³-hybridized carbons (Fsp3) is 0.207. The van der Waals surface area contributed by atoms with Crippen LogP contribution in [0, 0.1) is 11.3 Å². The Morgan fingerprint density at radius 1 is 1.00 bits per heavy atom. The summed E-state index contributed by atoms with van der Waals surface area (Å²) in [6, 6.07) is 24.2. The SMILES string of the molecule is CCC(CC)(CN)Oc1cccc(-n2cc(-c3ccccn3)cc(-c3ccccc3C#N)c2=O)c1. The van der Waals surface area contributed by atoms with Crippen LogP contribution in [0.15, 0.2) is 90.0 Å². The topological polar surface area (TPSA) is 93.9 Å². The summed E-state index contributed by atoms with van der Waals surface area (Å²) < 4.78 is 7.91. The molecule has 0 aliphatic rings. The molecule has 0 unspecified atom stereocenters. The maximum atomic E-state index is 13.8. The van der Waals surface area contributed by atoms with Gasteiger partial charge in [-0.05, 0) is 49.2 Å². The van der Waals surface area contributed by atoms with E-state index in [0.717, 1.165) is 24.1 Å². The highest BCUT2D eigenvalue weighted by molar-refractivity contribution is 5.75. The molecule has 4 rings (SSSR count). The second-order valence-corrected chi connectivity index (χ2v) is 8.38. The summed E-state index contributed by atoms with van der Waals surface area (Å²) in [5.74, 6) is 0.644. The highest BCUT2D eigenvalue weighted by Gasteiger charge is 2.26. The summed E-state index contributed by atoms with van der Waals surface area (Å²) >= 11 is 0. The van der Waals surface area contributed by atoms with Crippen molar-refractivity contribution < 1.29 is 4.74 Å². The van der Waals surface area contributed by atoms with E-state index in [9.17, 15) is 10.1 Å². The lowest BCUT2D eigenvalue weighted by atomic mass is 9.97. The molecule has 0 fully saturated rings. The molecule has 0 radical (unpaired) electrons. The van der Waals surface area contributed by atoms with E-state index in [-0.39, 0.29) is 5.56 Å². The fourth-order valence-electron chi connectivity index (χ4n) is 4.13. The van der Waals surface area contributed by atoms with Crippen LogP contribution in [0.2, 0.25) is 0 Å². The molecule has 0 saturated heterocycles. The lowest BCUT2D eigenvalue weighted by Gasteiger charge is -2.31. The van der Waals surface area contributed by atoms with E-state index in [4.69, 9.17) is 10.5 Å². The molecule has 2 heterocycles. The average molecular weight is 465 g/mol. The molecule has 176 valence electrons. The van der Waals surface area contributed by atoms with Crippen LogP contribution in [0.5, 0.6) is 5.75 Å². The molecular formula is C29H28N4O2. The molecule has 35 heavy (non-hydrogen) atoms. The molecule has 0 bridgehead atoms. The van der Waals surface area contributed by atoms with Crippen LogP contribution in [0.3, 0.4) is 0 Å². The number of hydrogen-bond donors (Lipinski definition) is 1. The third kappa shape index (κ3) is 4.86. The van der Waals surface area contributed by atoms with Crippen molar-refractivity contribution in [3.8, 4) is 39.9 Å². The fourth-order valence-corrected chi connectivity index (χ4v) is 4.13. The Balaban J connectivity index is 1.92. The summed E-state index contributed by atoms with van der Waals surface area (Å²) in [5.41, 5.74) is 8.92. The minimum atomic E-state index is -0.462. The zero-order valence-corrected chi connectivity index (χ0v) is 19.9. The van der Waals surface area contributed by atoms with Crippen molar-refractivity contribution in [3.05, 3.63) is 101 Å². The highest BCUT2D eigenvalue weighted by atomic mass is 16.5. The smallest absolute Gasteiger partial charge is 0.263 e. The van der Waals surface area contributed by atoms with E-state index in [1.807, 2.05) is 48.5 Å². The van der Waals surface area contributed by atoms with Crippen molar-refractivity contribution in [2.75, 3.05) is 6.54 Å². The average Bonchev–Trinajstić information content (AvgIpc) is 2.92. The second-order valence-electron chi connectivity index (χ2n) is 8.38. The van der Waals surface area contributed by atoms with Gasteiger partial charge in [0.2, 0.25) is 0 Å². The van der Waals surface area contributed by atoms with E-state index in [2.05, 4.69) is 24.9 Å². The maximum absolute atomic E-state index is 13.8. The predicted octanol–water partition coefficient (Wildman–Crippen LogP) is 5.33. The van der Waals surface area contributed by atoms with Gasteiger partial charge in [-0.3, -0.25) is 14.3 Å². The molecule has 2 N–H and O–H groups in total. The van der Waals surface area contributed by atoms with Crippen molar-refractivity contribution in [1.82, 2.24) is 9.55 Å². The lowest BCUT2D eigenvalue weighted by Crippen LogP contribution is -2.42. The normalized spacial score (nSPS) is 11.1. The summed E-state index contributed by atoms with van der Waals surface area (Å²) in [6.45, 7) is 4.51. The molecule has 2 aromatic heterocycles. The van der Waals surface area contributed by atoms with Gasteiger partial charge in [0.25, 0.3) is 5.56 Å². The zero-order valence-electron chi connectivity index (χ0n) is 19.9. The molecule has 0 amide bonds. The van der Waals surface area contributed by atoms with Gasteiger partial charge in [0.1, 0.15) is 11.4 Å². The summed E-state index contributed by atoms with van der Waals surface area (Å²) in [6.07, 6.45) is 5.03. The van der Waals surface area contributed by atoms with Crippen LogP contribution >= 0.6 is 0 Å². The third-order valence-electron chi connectivity index (χ3n) is 6.41. The second kappa shape index (κ2) is 10.4. The monoisotopic (exact) mass is 464 g/mol. The summed E-state index contributed by atoms with van der Waals surface area (Å²) in [5, 5.41) is 9.66. The Morgan fingerprint density at radius 3 is 2.46 bits per heavy atom. The first-order valence-corrected chi connectivity index (χ1v) is 11.7. The first-order chi connectivity index (χ1) is 17.0. The van der Waals surface area contributed by atoms with Gasteiger partial charge in [-0.25, -0.2) is 0 Å². The molecule has 6 heteroatoms. The summed E-state index contributed by atoms with van der Waals surface area (Å²) in [7, 11) is 0. The minimum Gasteiger partial charge on any atom is -0.486 e. The van der Waals surface area contributed by atoms with E-state index < -0.39 is 5.60 Å². The Labute approximate surface area is 205 Å². The third-order valence-corrected chi connectivity index (χ3v) is 6.41. The Morgan fingerprint density at radius 2 is 1.77 bits per heavy atom. The van der Waals surface area contributed by atoms with Gasteiger partial charge in [-0.15, -0.1) is 0 Å². The number of aromatic nitrogens is 2. The number of pyridine rings is 2. The Kier molecular flexibility index (Phi) is 7.09. The van der Waals surface area contributed by atoms with Gasteiger partial charge < -0.3 is 10.5 Å². The molecule has 4 aromatic rings. The molecule has 0 aliphatic heterocycles.